The highest BCUT2D eigenvalue weighted by Crippen LogP contribution is 2.22. The molecule has 1 unspecified atom stereocenters. The summed E-state index contributed by atoms with van der Waals surface area (Å²) in [5, 5.41) is 3.38. The second-order valence-corrected chi connectivity index (χ2v) is 6.52. The van der Waals surface area contributed by atoms with Gasteiger partial charge in [0.15, 0.2) is 0 Å². The van der Waals surface area contributed by atoms with Crippen LogP contribution in [0.1, 0.15) is 37.3 Å². The van der Waals surface area contributed by atoms with Crippen LogP contribution in [0.25, 0.3) is 0 Å². The Morgan fingerprint density at radius 3 is 2.62 bits per heavy atom. The third-order valence-corrected chi connectivity index (χ3v) is 4.90. The first-order chi connectivity index (χ1) is 10.3. The number of fused-ring (bicyclic) bond motifs is 1. The lowest BCUT2D eigenvalue weighted by molar-refractivity contribution is 0.215. The fraction of sp³-hybridized carbons (Fsp3) is 0.667. The maximum absolute atomic E-state index is 3.38. The molecule has 0 bridgehead atoms. The lowest BCUT2D eigenvalue weighted by Gasteiger charge is -2.25. The number of benzene rings is 1. The van der Waals surface area contributed by atoms with Gasteiger partial charge in [-0.25, -0.2) is 0 Å². The first-order valence-corrected chi connectivity index (χ1v) is 8.60. The van der Waals surface area contributed by atoms with E-state index in [1.165, 1.54) is 56.6 Å². The molecular weight excluding hydrogens is 258 g/mol. The average molecular weight is 287 g/mol. The van der Waals surface area contributed by atoms with Crippen LogP contribution in [0, 0.1) is 0 Å². The van der Waals surface area contributed by atoms with E-state index in [-0.39, 0.29) is 0 Å². The van der Waals surface area contributed by atoms with E-state index in [4.69, 9.17) is 0 Å². The number of rotatable bonds is 5. The van der Waals surface area contributed by atoms with Gasteiger partial charge >= 0.3 is 0 Å². The normalized spacial score (nSPS) is 24.0. The molecule has 1 atom stereocenters. The number of hydrogen-bond acceptors (Lipinski definition) is 3. The van der Waals surface area contributed by atoms with Gasteiger partial charge in [-0.15, -0.1) is 0 Å². The summed E-state index contributed by atoms with van der Waals surface area (Å²) in [5.74, 6) is 0. The summed E-state index contributed by atoms with van der Waals surface area (Å²) in [6.45, 7) is 10.4. The topological polar surface area (TPSA) is 18.5 Å². The van der Waals surface area contributed by atoms with E-state index in [1.54, 1.807) is 0 Å². The molecule has 2 fully saturated rings. The molecule has 0 aliphatic carbocycles. The van der Waals surface area contributed by atoms with E-state index in [0.717, 1.165) is 25.7 Å². The van der Waals surface area contributed by atoms with Gasteiger partial charge in [0.05, 0.1) is 0 Å². The van der Waals surface area contributed by atoms with E-state index in [9.17, 15) is 0 Å². The molecule has 21 heavy (non-hydrogen) atoms. The summed E-state index contributed by atoms with van der Waals surface area (Å²) < 4.78 is 0. The molecule has 2 heterocycles. The van der Waals surface area contributed by atoms with Crippen molar-refractivity contribution in [1.29, 1.82) is 0 Å². The molecule has 3 rings (SSSR count). The minimum atomic E-state index is 0.820. The van der Waals surface area contributed by atoms with Crippen LogP contribution in [-0.2, 0) is 13.1 Å². The first kappa shape index (κ1) is 15.0. The number of nitrogens with one attached hydrogen (secondary N) is 1. The first-order valence-electron chi connectivity index (χ1n) is 8.60. The average Bonchev–Trinajstić information content (AvgIpc) is 2.85. The Kier molecular flexibility index (Phi) is 5.28. The quantitative estimate of drug-likeness (QED) is 0.897. The highest BCUT2D eigenvalue weighted by Gasteiger charge is 2.28. The van der Waals surface area contributed by atoms with Crippen molar-refractivity contribution in [3.05, 3.63) is 35.4 Å². The van der Waals surface area contributed by atoms with Crippen LogP contribution >= 0.6 is 0 Å². The minimum Gasteiger partial charge on any atom is -0.313 e. The van der Waals surface area contributed by atoms with E-state index in [0.29, 0.717) is 0 Å². The van der Waals surface area contributed by atoms with E-state index in [1.807, 2.05) is 0 Å². The van der Waals surface area contributed by atoms with Gasteiger partial charge < -0.3 is 5.32 Å². The van der Waals surface area contributed by atoms with Gasteiger partial charge in [0.2, 0.25) is 0 Å². The summed E-state index contributed by atoms with van der Waals surface area (Å²) in [5.41, 5.74) is 2.85. The number of nitrogens with zero attached hydrogens (tertiary/aromatic N) is 2. The standard InChI is InChI=1S/C18H29N3/c1-2-19-13-16-6-8-17(9-7-16)14-20-10-4-12-21-11-3-5-18(21)15-20/h6-9,18-19H,2-5,10-15H2,1H3. The van der Waals surface area contributed by atoms with E-state index in [2.05, 4.69) is 46.3 Å². The highest BCUT2D eigenvalue weighted by atomic mass is 15.3. The van der Waals surface area contributed by atoms with Gasteiger partial charge in [-0.05, 0) is 56.6 Å². The molecule has 0 amide bonds. The molecule has 1 N–H and O–H groups in total. The van der Waals surface area contributed by atoms with Crippen molar-refractivity contribution in [1.82, 2.24) is 15.1 Å². The molecule has 2 aliphatic heterocycles. The zero-order valence-corrected chi connectivity index (χ0v) is 13.4. The lowest BCUT2D eigenvalue weighted by Crippen LogP contribution is -2.36. The van der Waals surface area contributed by atoms with Crippen LogP contribution in [0.5, 0.6) is 0 Å². The van der Waals surface area contributed by atoms with Crippen LogP contribution < -0.4 is 5.32 Å². The van der Waals surface area contributed by atoms with Crippen molar-refractivity contribution in [2.24, 2.45) is 0 Å². The van der Waals surface area contributed by atoms with Gasteiger partial charge in [0.25, 0.3) is 0 Å². The molecule has 1 aromatic rings. The van der Waals surface area contributed by atoms with Gasteiger partial charge in [0.1, 0.15) is 0 Å². The Hall–Kier alpha value is -0.900. The van der Waals surface area contributed by atoms with E-state index >= 15 is 0 Å². The summed E-state index contributed by atoms with van der Waals surface area (Å²) >= 11 is 0. The fourth-order valence-corrected chi connectivity index (χ4v) is 3.72. The Labute approximate surface area is 129 Å². The summed E-state index contributed by atoms with van der Waals surface area (Å²) in [6.07, 6.45) is 4.13. The van der Waals surface area contributed by atoms with Crippen molar-refractivity contribution in [3.63, 3.8) is 0 Å². The van der Waals surface area contributed by atoms with Crippen molar-refractivity contribution < 1.29 is 0 Å². The summed E-state index contributed by atoms with van der Waals surface area (Å²) in [7, 11) is 0. The Morgan fingerprint density at radius 2 is 1.81 bits per heavy atom. The third-order valence-electron chi connectivity index (χ3n) is 4.90. The SMILES string of the molecule is CCNCc1ccc(CN2CCCN3CCCC3C2)cc1. The summed E-state index contributed by atoms with van der Waals surface area (Å²) in [6, 6.07) is 9.99. The largest absolute Gasteiger partial charge is 0.313 e. The molecule has 2 saturated heterocycles. The molecule has 2 aliphatic rings. The third kappa shape index (κ3) is 4.06. The molecule has 0 aromatic heterocycles. The van der Waals surface area contributed by atoms with E-state index < -0.39 is 0 Å². The Balaban J connectivity index is 1.55. The lowest BCUT2D eigenvalue weighted by atomic mass is 10.1. The second kappa shape index (κ2) is 7.39. The van der Waals surface area contributed by atoms with Gasteiger partial charge in [-0.1, -0.05) is 31.2 Å². The summed E-state index contributed by atoms with van der Waals surface area (Å²) in [4.78, 5) is 5.37. The molecule has 0 spiro atoms. The molecule has 0 saturated carbocycles. The highest BCUT2D eigenvalue weighted by molar-refractivity contribution is 5.22. The predicted molar refractivity (Wildman–Crippen MR) is 88.3 cm³/mol. The second-order valence-electron chi connectivity index (χ2n) is 6.52. The molecule has 1 aromatic carbocycles. The zero-order valence-electron chi connectivity index (χ0n) is 13.4. The van der Waals surface area contributed by atoms with Crippen LogP contribution in [0.4, 0.5) is 0 Å². The zero-order chi connectivity index (χ0) is 14.5. The molecule has 3 heteroatoms. The van der Waals surface area contributed by atoms with Gasteiger partial charge in [-0.2, -0.15) is 0 Å². The van der Waals surface area contributed by atoms with Gasteiger partial charge in [0, 0.05) is 25.7 Å². The van der Waals surface area contributed by atoms with Crippen LogP contribution in [0.2, 0.25) is 0 Å². The fourth-order valence-electron chi connectivity index (χ4n) is 3.72. The van der Waals surface area contributed by atoms with Crippen LogP contribution in [0.3, 0.4) is 0 Å². The van der Waals surface area contributed by atoms with Crippen LogP contribution in [0.15, 0.2) is 24.3 Å². The van der Waals surface area contributed by atoms with Crippen molar-refractivity contribution in [2.75, 3.05) is 32.7 Å². The Morgan fingerprint density at radius 1 is 1.05 bits per heavy atom. The monoisotopic (exact) mass is 287 g/mol. The van der Waals surface area contributed by atoms with Crippen molar-refractivity contribution >= 4 is 0 Å². The van der Waals surface area contributed by atoms with Crippen molar-refractivity contribution in [3.8, 4) is 0 Å². The molecular formula is C18H29N3. The van der Waals surface area contributed by atoms with Gasteiger partial charge in [-0.3, -0.25) is 9.80 Å². The van der Waals surface area contributed by atoms with Crippen molar-refractivity contribution in [2.45, 2.75) is 45.3 Å². The number of hydrogen-bond donors (Lipinski definition) is 1. The Bertz CT molecular complexity index is 429. The predicted octanol–water partition coefficient (Wildman–Crippen LogP) is 2.47. The smallest absolute Gasteiger partial charge is 0.0234 e. The molecule has 0 radical (unpaired) electrons. The van der Waals surface area contributed by atoms with Crippen LogP contribution in [-0.4, -0.2) is 48.6 Å². The molecule has 3 nitrogen and oxygen atoms in total. The maximum Gasteiger partial charge on any atom is 0.0234 e. The minimum absolute atomic E-state index is 0.820. The maximum atomic E-state index is 3.38. The molecule has 116 valence electrons.